The van der Waals surface area contributed by atoms with Crippen molar-refractivity contribution < 1.29 is 14.3 Å². The van der Waals surface area contributed by atoms with Crippen molar-refractivity contribution in [2.24, 2.45) is 0 Å². The molecule has 92 valence electrons. The number of ether oxygens (including phenoxy) is 2. The molecule has 0 aliphatic heterocycles. The van der Waals surface area contributed by atoms with Crippen LogP contribution in [0.4, 0.5) is 0 Å². The zero-order chi connectivity index (χ0) is 12.5. The first kappa shape index (κ1) is 13.3. The molecule has 0 aromatic heterocycles. The minimum Gasteiger partial charge on any atom is -0.494 e. The number of hydrogen-bond acceptors (Lipinski definition) is 3. The lowest BCUT2D eigenvalue weighted by Gasteiger charge is -2.04. The molecule has 0 heterocycles. The van der Waals surface area contributed by atoms with Crippen LogP contribution in [0.1, 0.15) is 25.3 Å². The van der Waals surface area contributed by atoms with Crippen LogP contribution < -0.4 is 4.74 Å². The van der Waals surface area contributed by atoms with E-state index < -0.39 is 0 Å². The summed E-state index contributed by atoms with van der Waals surface area (Å²) in [6, 6.07) is 7.60. The zero-order valence-corrected chi connectivity index (χ0v) is 10.3. The number of esters is 1. The molecule has 1 rings (SSSR count). The standard InChI is InChI=1S/C14H18O3/c1-3-4-11-17-13-8-5-12(6-9-13)7-10-14(15)16-2/h5-10H,3-4,11H2,1-2H3. The monoisotopic (exact) mass is 234 g/mol. The van der Waals surface area contributed by atoms with Crippen LogP contribution in [0.3, 0.4) is 0 Å². The van der Waals surface area contributed by atoms with Crippen LogP contribution in [0.5, 0.6) is 5.75 Å². The lowest BCUT2D eigenvalue weighted by atomic mass is 10.2. The summed E-state index contributed by atoms with van der Waals surface area (Å²) in [7, 11) is 1.36. The average molecular weight is 234 g/mol. The fourth-order valence-corrected chi connectivity index (χ4v) is 1.24. The maximum Gasteiger partial charge on any atom is 0.330 e. The SMILES string of the molecule is CCCCOc1ccc(C=CC(=O)OC)cc1. The van der Waals surface area contributed by atoms with Crippen LogP contribution in [-0.2, 0) is 9.53 Å². The average Bonchev–Trinajstić information content (AvgIpc) is 2.37. The predicted octanol–water partition coefficient (Wildman–Crippen LogP) is 3.05. The molecule has 0 aliphatic carbocycles. The largest absolute Gasteiger partial charge is 0.494 e. The number of rotatable bonds is 6. The van der Waals surface area contributed by atoms with E-state index in [1.165, 1.54) is 13.2 Å². The third-order valence-electron chi connectivity index (χ3n) is 2.26. The molecule has 3 heteroatoms. The van der Waals surface area contributed by atoms with Crippen molar-refractivity contribution >= 4 is 12.0 Å². The quantitative estimate of drug-likeness (QED) is 0.431. The number of benzene rings is 1. The topological polar surface area (TPSA) is 35.5 Å². The summed E-state index contributed by atoms with van der Waals surface area (Å²) in [5.41, 5.74) is 0.943. The fraction of sp³-hybridized carbons (Fsp3) is 0.357. The molecule has 0 unspecified atom stereocenters. The molecule has 0 radical (unpaired) electrons. The molecule has 0 fully saturated rings. The Morgan fingerprint density at radius 3 is 2.59 bits per heavy atom. The summed E-state index contributed by atoms with van der Waals surface area (Å²) in [4.78, 5) is 10.9. The molecular formula is C14H18O3. The van der Waals surface area contributed by atoms with Gasteiger partial charge in [-0.25, -0.2) is 4.79 Å². The van der Waals surface area contributed by atoms with Crippen LogP contribution in [0.2, 0.25) is 0 Å². The van der Waals surface area contributed by atoms with E-state index in [1.54, 1.807) is 6.08 Å². The van der Waals surface area contributed by atoms with Gasteiger partial charge in [0.15, 0.2) is 0 Å². The summed E-state index contributed by atoms with van der Waals surface area (Å²) in [5.74, 6) is 0.502. The predicted molar refractivity (Wildman–Crippen MR) is 67.9 cm³/mol. The summed E-state index contributed by atoms with van der Waals surface area (Å²) >= 11 is 0. The van der Waals surface area contributed by atoms with Gasteiger partial charge in [0, 0.05) is 6.08 Å². The Kier molecular flexibility index (Phi) is 5.86. The number of hydrogen-bond donors (Lipinski definition) is 0. The van der Waals surface area contributed by atoms with Crippen molar-refractivity contribution in [2.75, 3.05) is 13.7 Å². The molecule has 0 atom stereocenters. The van der Waals surface area contributed by atoms with Crippen LogP contribution >= 0.6 is 0 Å². The van der Waals surface area contributed by atoms with Crippen LogP contribution in [0.15, 0.2) is 30.3 Å². The Bertz CT molecular complexity index is 366. The Morgan fingerprint density at radius 1 is 1.29 bits per heavy atom. The molecule has 3 nitrogen and oxygen atoms in total. The molecule has 1 aromatic rings. The number of carbonyl (C=O) groups excluding carboxylic acids is 1. The first-order valence-corrected chi connectivity index (χ1v) is 5.75. The van der Waals surface area contributed by atoms with Crippen molar-refractivity contribution in [2.45, 2.75) is 19.8 Å². The highest BCUT2D eigenvalue weighted by atomic mass is 16.5. The second-order valence-electron chi connectivity index (χ2n) is 3.63. The summed E-state index contributed by atoms with van der Waals surface area (Å²) in [5, 5.41) is 0. The maximum absolute atomic E-state index is 10.9. The third-order valence-corrected chi connectivity index (χ3v) is 2.26. The summed E-state index contributed by atoms with van der Waals surface area (Å²) in [6.07, 6.45) is 5.29. The highest BCUT2D eigenvalue weighted by Gasteiger charge is 1.94. The molecule has 0 aliphatic rings. The molecule has 0 spiro atoms. The van der Waals surface area contributed by atoms with E-state index in [4.69, 9.17) is 4.74 Å². The van der Waals surface area contributed by atoms with Gasteiger partial charge in [0.05, 0.1) is 13.7 Å². The lowest BCUT2D eigenvalue weighted by molar-refractivity contribution is -0.134. The second-order valence-corrected chi connectivity index (χ2v) is 3.63. The Morgan fingerprint density at radius 2 is 2.00 bits per heavy atom. The van der Waals surface area contributed by atoms with Gasteiger partial charge in [0.25, 0.3) is 0 Å². The maximum atomic E-state index is 10.9. The van der Waals surface area contributed by atoms with Crippen LogP contribution in [0, 0.1) is 0 Å². The molecule has 0 saturated carbocycles. The van der Waals surface area contributed by atoms with Gasteiger partial charge in [-0.05, 0) is 30.2 Å². The summed E-state index contributed by atoms with van der Waals surface area (Å²) in [6.45, 7) is 2.87. The van der Waals surface area contributed by atoms with E-state index in [9.17, 15) is 4.79 Å². The fourth-order valence-electron chi connectivity index (χ4n) is 1.24. The highest BCUT2D eigenvalue weighted by Crippen LogP contribution is 2.13. The normalized spacial score (nSPS) is 10.5. The Balaban J connectivity index is 2.50. The molecule has 0 saturated heterocycles. The minimum absolute atomic E-state index is 0.353. The van der Waals surface area contributed by atoms with Gasteiger partial charge in [0.2, 0.25) is 0 Å². The number of carbonyl (C=O) groups is 1. The van der Waals surface area contributed by atoms with E-state index in [2.05, 4.69) is 11.7 Å². The van der Waals surface area contributed by atoms with Gasteiger partial charge in [-0.2, -0.15) is 0 Å². The van der Waals surface area contributed by atoms with Crippen molar-refractivity contribution in [3.63, 3.8) is 0 Å². The minimum atomic E-state index is -0.353. The van der Waals surface area contributed by atoms with Gasteiger partial charge >= 0.3 is 5.97 Å². The van der Waals surface area contributed by atoms with Gasteiger partial charge in [-0.1, -0.05) is 25.5 Å². The number of methoxy groups -OCH3 is 1. The zero-order valence-electron chi connectivity index (χ0n) is 10.3. The van der Waals surface area contributed by atoms with Crippen molar-refractivity contribution in [1.29, 1.82) is 0 Å². The van der Waals surface area contributed by atoms with Crippen molar-refractivity contribution in [3.05, 3.63) is 35.9 Å². The molecule has 0 amide bonds. The van der Waals surface area contributed by atoms with Crippen LogP contribution in [-0.4, -0.2) is 19.7 Å². The smallest absolute Gasteiger partial charge is 0.330 e. The highest BCUT2D eigenvalue weighted by molar-refractivity contribution is 5.86. The van der Waals surface area contributed by atoms with E-state index in [0.717, 1.165) is 30.8 Å². The first-order valence-electron chi connectivity index (χ1n) is 5.75. The third kappa shape index (κ3) is 5.20. The molecule has 17 heavy (non-hydrogen) atoms. The molecule has 1 aromatic carbocycles. The molecular weight excluding hydrogens is 216 g/mol. The van der Waals surface area contributed by atoms with Gasteiger partial charge in [-0.15, -0.1) is 0 Å². The lowest BCUT2D eigenvalue weighted by Crippen LogP contribution is -1.96. The van der Waals surface area contributed by atoms with Crippen molar-refractivity contribution in [1.82, 2.24) is 0 Å². The van der Waals surface area contributed by atoms with E-state index >= 15 is 0 Å². The number of unbranched alkanes of at least 4 members (excludes halogenated alkanes) is 1. The van der Waals surface area contributed by atoms with E-state index in [1.807, 2.05) is 24.3 Å². The second kappa shape index (κ2) is 7.49. The molecule has 0 bridgehead atoms. The van der Waals surface area contributed by atoms with Gasteiger partial charge in [0.1, 0.15) is 5.75 Å². The van der Waals surface area contributed by atoms with Gasteiger partial charge < -0.3 is 9.47 Å². The first-order chi connectivity index (χ1) is 8.26. The Hall–Kier alpha value is -1.77. The molecule has 0 N–H and O–H groups in total. The summed E-state index contributed by atoms with van der Waals surface area (Å²) < 4.78 is 10.0. The van der Waals surface area contributed by atoms with Crippen LogP contribution in [0.25, 0.3) is 6.08 Å². The van der Waals surface area contributed by atoms with Gasteiger partial charge in [-0.3, -0.25) is 0 Å². The Labute approximate surface area is 102 Å². The van der Waals surface area contributed by atoms with E-state index in [0.29, 0.717) is 0 Å². The van der Waals surface area contributed by atoms with Crippen molar-refractivity contribution in [3.8, 4) is 5.75 Å². The van der Waals surface area contributed by atoms with E-state index in [-0.39, 0.29) is 5.97 Å².